The van der Waals surface area contributed by atoms with Gasteiger partial charge in [-0.15, -0.1) is 0 Å². The van der Waals surface area contributed by atoms with Gasteiger partial charge >= 0.3 is 0 Å². The Morgan fingerprint density at radius 3 is 2.62 bits per heavy atom. The predicted molar refractivity (Wildman–Crippen MR) is 120 cm³/mol. The minimum atomic E-state index is -0.247. The van der Waals surface area contributed by atoms with Gasteiger partial charge in [0.1, 0.15) is 5.76 Å². The van der Waals surface area contributed by atoms with Crippen molar-refractivity contribution in [1.82, 2.24) is 10.2 Å². The number of nitrogens with two attached hydrogens (primary N) is 1. The van der Waals surface area contributed by atoms with Gasteiger partial charge in [0.05, 0.1) is 12.1 Å². The third-order valence-electron chi connectivity index (χ3n) is 5.97. The topological polar surface area (TPSA) is 78.6 Å². The second-order valence-electron chi connectivity index (χ2n) is 8.56. The SMILES string of the molecule is C=C(O)[C@@H]1CCCN1C(=O)[C@H](CCCCN)N[C@@H](CCc1ccccc1)C(C)C. The van der Waals surface area contributed by atoms with E-state index in [0.717, 1.165) is 44.9 Å². The maximum Gasteiger partial charge on any atom is 0.240 e. The molecule has 1 saturated heterocycles. The van der Waals surface area contributed by atoms with E-state index in [1.54, 1.807) is 0 Å². The summed E-state index contributed by atoms with van der Waals surface area (Å²) in [5.41, 5.74) is 7.00. The van der Waals surface area contributed by atoms with Crippen molar-refractivity contribution >= 4 is 5.91 Å². The maximum atomic E-state index is 13.4. The summed E-state index contributed by atoms with van der Waals surface area (Å²) in [6, 6.07) is 10.2. The molecule has 1 aliphatic rings. The first kappa shape index (κ1) is 23.4. The number of aliphatic hydroxyl groups excluding tert-OH is 1. The minimum Gasteiger partial charge on any atom is -0.511 e. The molecule has 0 aliphatic carbocycles. The Morgan fingerprint density at radius 2 is 2.00 bits per heavy atom. The van der Waals surface area contributed by atoms with Crippen molar-refractivity contribution in [3.8, 4) is 0 Å². The van der Waals surface area contributed by atoms with Crippen molar-refractivity contribution in [1.29, 1.82) is 0 Å². The van der Waals surface area contributed by atoms with Crippen LogP contribution in [0.1, 0.15) is 57.9 Å². The highest BCUT2D eigenvalue weighted by molar-refractivity contribution is 5.82. The Hall–Kier alpha value is -1.85. The average Bonchev–Trinajstić information content (AvgIpc) is 3.20. The summed E-state index contributed by atoms with van der Waals surface area (Å²) in [6.07, 6.45) is 6.27. The minimum absolute atomic E-state index is 0.0880. The third-order valence-corrected chi connectivity index (χ3v) is 5.97. The van der Waals surface area contributed by atoms with Gasteiger partial charge in [-0.3, -0.25) is 4.79 Å². The Morgan fingerprint density at radius 1 is 1.28 bits per heavy atom. The molecule has 1 heterocycles. The lowest BCUT2D eigenvalue weighted by molar-refractivity contribution is -0.134. The van der Waals surface area contributed by atoms with E-state index in [4.69, 9.17) is 5.73 Å². The number of rotatable bonds is 12. The van der Waals surface area contributed by atoms with E-state index in [1.807, 2.05) is 11.0 Å². The Labute approximate surface area is 176 Å². The van der Waals surface area contributed by atoms with Crippen molar-refractivity contribution in [3.63, 3.8) is 0 Å². The molecule has 1 aromatic rings. The molecule has 1 amide bonds. The van der Waals surface area contributed by atoms with Crippen LogP contribution in [0.3, 0.4) is 0 Å². The number of aliphatic hydroxyl groups is 1. The molecule has 1 fully saturated rings. The molecular weight excluding hydrogens is 362 g/mol. The molecule has 1 aromatic carbocycles. The van der Waals surface area contributed by atoms with Crippen molar-refractivity contribution in [2.24, 2.45) is 11.7 Å². The first-order valence-electron chi connectivity index (χ1n) is 11.1. The third kappa shape index (κ3) is 7.16. The first-order chi connectivity index (χ1) is 13.9. The highest BCUT2D eigenvalue weighted by Crippen LogP contribution is 2.24. The molecule has 0 unspecified atom stereocenters. The molecule has 0 aromatic heterocycles. The van der Waals surface area contributed by atoms with Gasteiger partial charge in [0, 0.05) is 12.6 Å². The van der Waals surface area contributed by atoms with Crippen LogP contribution in [0.15, 0.2) is 42.7 Å². The smallest absolute Gasteiger partial charge is 0.240 e. The molecule has 0 bridgehead atoms. The monoisotopic (exact) mass is 401 g/mol. The largest absolute Gasteiger partial charge is 0.511 e. The van der Waals surface area contributed by atoms with Gasteiger partial charge in [-0.1, -0.05) is 57.2 Å². The average molecular weight is 402 g/mol. The normalized spacial score (nSPS) is 18.8. The van der Waals surface area contributed by atoms with Gasteiger partial charge < -0.3 is 21.1 Å². The molecule has 4 N–H and O–H groups in total. The standard InChI is InChI=1S/C24H39N3O2/c1-18(2)21(15-14-20-10-5-4-6-11-20)26-22(12-7-8-16-25)24(29)27-17-9-13-23(27)19(3)28/h4-6,10-11,18,21-23,26,28H,3,7-9,12-17,25H2,1-2H3/t21-,22-,23-/m0/s1. The summed E-state index contributed by atoms with van der Waals surface area (Å²) in [6.45, 7) is 9.42. The Bertz CT molecular complexity index is 632. The van der Waals surface area contributed by atoms with Gasteiger partial charge in [0.2, 0.25) is 5.91 Å². The van der Waals surface area contributed by atoms with Crippen molar-refractivity contribution < 1.29 is 9.90 Å². The van der Waals surface area contributed by atoms with Gasteiger partial charge in [0.15, 0.2) is 0 Å². The van der Waals surface area contributed by atoms with Gasteiger partial charge in [-0.25, -0.2) is 0 Å². The molecule has 0 spiro atoms. The molecule has 29 heavy (non-hydrogen) atoms. The van der Waals surface area contributed by atoms with E-state index < -0.39 is 0 Å². The van der Waals surface area contributed by atoms with Gasteiger partial charge in [-0.05, 0) is 56.6 Å². The number of unbranched alkanes of at least 4 members (excludes halogenated alkanes) is 1. The predicted octanol–water partition coefficient (Wildman–Crippen LogP) is 3.79. The summed E-state index contributed by atoms with van der Waals surface area (Å²) in [7, 11) is 0. The van der Waals surface area contributed by atoms with Crippen LogP contribution in [0, 0.1) is 5.92 Å². The van der Waals surface area contributed by atoms with E-state index in [0.29, 0.717) is 19.0 Å². The lowest BCUT2D eigenvalue weighted by atomic mass is 9.94. The van der Waals surface area contributed by atoms with Gasteiger partial charge in [0.25, 0.3) is 0 Å². The van der Waals surface area contributed by atoms with E-state index in [1.165, 1.54) is 5.56 Å². The van der Waals surface area contributed by atoms with Crippen LogP contribution >= 0.6 is 0 Å². The molecule has 0 saturated carbocycles. The molecule has 0 radical (unpaired) electrons. The lowest BCUT2D eigenvalue weighted by Crippen LogP contribution is -2.52. The summed E-state index contributed by atoms with van der Waals surface area (Å²) >= 11 is 0. The zero-order valence-electron chi connectivity index (χ0n) is 18.1. The van der Waals surface area contributed by atoms with Crippen molar-refractivity contribution in [3.05, 3.63) is 48.2 Å². The molecule has 5 heteroatoms. The number of carbonyl (C=O) groups is 1. The number of benzene rings is 1. The lowest BCUT2D eigenvalue weighted by Gasteiger charge is -2.33. The number of nitrogens with zero attached hydrogens (tertiary/aromatic N) is 1. The van der Waals surface area contributed by atoms with Crippen LogP contribution in [0.5, 0.6) is 0 Å². The number of likely N-dealkylation sites (tertiary alicyclic amines) is 1. The number of amides is 1. The van der Waals surface area contributed by atoms with E-state index in [2.05, 4.69) is 50.0 Å². The quantitative estimate of drug-likeness (QED) is 0.368. The van der Waals surface area contributed by atoms with Crippen LogP contribution < -0.4 is 11.1 Å². The number of hydrogen-bond acceptors (Lipinski definition) is 4. The van der Waals surface area contributed by atoms with Crippen LogP contribution in [0.2, 0.25) is 0 Å². The Kier molecular flexibility index (Phi) is 9.68. The maximum absolute atomic E-state index is 13.4. The molecule has 3 atom stereocenters. The first-order valence-corrected chi connectivity index (χ1v) is 11.1. The number of hydrogen-bond donors (Lipinski definition) is 3. The van der Waals surface area contributed by atoms with E-state index >= 15 is 0 Å². The summed E-state index contributed by atoms with van der Waals surface area (Å²) in [4.78, 5) is 15.2. The molecular formula is C24H39N3O2. The fourth-order valence-corrected chi connectivity index (χ4v) is 4.18. The van der Waals surface area contributed by atoms with Crippen LogP contribution in [0.4, 0.5) is 0 Å². The zero-order valence-corrected chi connectivity index (χ0v) is 18.1. The fraction of sp³-hybridized carbons (Fsp3) is 0.625. The fourth-order valence-electron chi connectivity index (χ4n) is 4.18. The molecule has 5 nitrogen and oxygen atoms in total. The second-order valence-corrected chi connectivity index (χ2v) is 8.56. The van der Waals surface area contributed by atoms with E-state index in [9.17, 15) is 9.90 Å². The zero-order chi connectivity index (χ0) is 21.2. The Balaban J connectivity index is 2.07. The number of nitrogens with one attached hydrogen (secondary N) is 1. The summed E-state index contributed by atoms with van der Waals surface area (Å²) in [5.74, 6) is 0.608. The summed E-state index contributed by atoms with van der Waals surface area (Å²) in [5, 5.41) is 13.6. The van der Waals surface area contributed by atoms with Crippen molar-refractivity contribution in [2.45, 2.75) is 76.9 Å². The van der Waals surface area contributed by atoms with Crippen LogP contribution in [-0.2, 0) is 11.2 Å². The molecule has 162 valence electrons. The second kappa shape index (κ2) is 12.0. The highest BCUT2D eigenvalue weighted by Gasteiger charge is 2.35. The summed E-state index contributed by atoms with van der Waals surface area (Å²) < 4.78 is 0. The van der Waals surface area contributed by atoms with E-state index in [-0.39, 0.29) is 29.8 Å². The number of carbonyl (C=O) groups excluding carboxylic acids is 1. The number of aryl methyl sites for hydroxylation is 1. The van der Waals surface area contributed by atoms with Crippen LogP contribution in [-0.4, -0.2) is 47.1 Å². The molecule has 1 aliphatic heterocycles. The van der Waals surface area contributed by atoms with Crippen LogP contribution in [0.25, 0.3) is 0 Å². The highest BCUT2D eigenvalue weighted by atomic mass is 16.3. The van der Waals surface area contributed by atoms with Crippen molar-refractivity contribution in [2.75, 3.05) is 13.1 Å². The van der Waals surface area contributed by atoms with Gasteiger partial charge in [-0.2, -0.15) is 0 Å². The molecule has 2 rings (SSSR count).